The van der Waals surface area contributed by atoms with E-state index in [1.54, 1.807) is 6.92 Å². The van der Waals surface area contributed by atoms with Crippen molar-refractivity contribution in [2.24, 2.45) is 0 Å². The Morgan fingerprint density at radius 3 is 2.37 bits per heavy atom. The van der Waals surface area contributed by atoms with Crippen LogP contribution in [0.1, 0.15) is 22.8 Å². The van der Waals surface area contributed by atoms with Crippen LogP contribution < -0.4 is 9.50 Å². The normalized spacial score (nSPS) is 11.9. The highest BCUT2D eigenvalue weighted by Gasteiger charge is 2.15. The van der Waals surface area contributed by atoms with Crippen LogP contribution in [0, 0.1) is 0 Å². The fraction of sp³-hybridized carbons (Fsp3) is 0.0909. The van der Waals surface area contributed by atoms with Crippen LogP contribution in [-0.2, 0) is 14.9 Å². The first-order chi connectivity index (χ1) is 14.1. The minimum absolute atomic E-state index is 0.0240. The number of aromatic carboxylic acids is 1. The van der Waals surface area contributed by atoms with Crippen molar-refractivity contribution in [2.75, 3.05) is 11.6 Å². The number of hydrogen-bond donors (Lipinski definition) is 2. The second kappa shape index (κ2) is 8.38. The SMILES string of the molecule is CC(=CC(=O)Nc1ccc(OS(C)(=O)=O)cc1C(=O)O)c1ccc2ccccc2c1. The Bertz CT molecular complexity index is 1280. The zero-order valence-corrected chi connectivity index (χ0v) is 17.1. The molecule has 0 fully saturated rings. The molecule has 1 amide bonds. The van der Waals surface area contributed by atoms with Gasteiger partial charge in [-0.25, -0.2) is 4.79 Å². The van der Waals surface area contributed by atoms with E-state index in [4.69, 9.17) is 4.18 Å². The first-order valence-electron chi connectivity index (χ1n) is 8.87. The Kier molecular flexibility index (Phi) is 5.89. The summed E-state index contributed by atoms with van der Waals surface area (Å²) in [6.07, 6.45) is 2.22. The van der Waals surface area contributed by atoms with E-state index in [0.717, 1.165) is 28.7 Å². The van der Waals surface area contributed by atoms with E-state index in [0.29, 0.717) is 5.57 Å². The number of allylic oxidation sites excluding steroid dienone is 1. The Morgan fingerprint density at radius 2 is 1.70 bits per heavy atom. The standard InChI is InChI=1S/C22H19NO6S/c1-14(16-8-7-15-5-3-4-6-17(15)12-16)11-21(24)23-20-10-9-18(29-30(2,27)28)13-19(20)22(25)26/h3-13H,1-2H3,(H,23,24)(H,25,26). The molecule has 0 heterocycles. The first-order valence-corrected chi connectivity index (χ1v) is 10.7. The maximum absolute atomic E-state index is 12.4. The van der Waals surface area contributed by atoms with Gasteiger partial charge in [-0.3, -0.25) is 4.79 Å². The highest BCUT2D eigenvalue weighted by atomic mass is 32.2. The van der Waals surface area contributed by atoms with Crippen LogP contribution in [0.15, 0.2) is 66.7 Å². The van der Waals surface area contributed by atoms with Crippen molar-refractivity contribution in [1.82, 2.24) is 0 Å². The topological polar surface area (TPSA) is 110 Å². The largest absolute Gasteiger partial charge is 0.478 e. The molecule has 0 aliphatic heterocycles. The molecule has 0 saturated carbocycles. The summed E-state index contributed by atoms with van der Waals surface area (Å²) in [5.74, 6) is -2.00. The van der Waals surface area contributed by atoms with Gasteiger partial charge in [-0.1, -0.05) is 36.4 Å². The minimum Gasteiger partial charge on any atom is -0.478 e. The Balaban J connectivity index is 1.84. The molecule has 0 aliphatic rings. The quantitative estimate of drug-likeness (QED) is 0.458. The van der Waals surface area contributed by atoms with Crippen LogP contribution in [0.25, 0.3) is 16.3 Å². The van der Waals surface area contributed by atoms with Gasteiger partial charge in [0.2, 0.25) is 5.91 Å². The second-order valence-electron chi connectivity index (χ2n) is 6.68. The number of rotatable bonds is 6. The van der Waals surface area contributed by atoms with Gasteiger partial charge in [-0.15, -0.1) is 0 Å². The molecule has 0 bridgehead atoms. The van der Waals surface area contributed by atoms with Gasteiger partial charge >= 0.3 is 16.1 Å². The van der Waals surface area contributed by atoms with E-state index in [2.05, 4.69) is 5.32 Å². The fourth-order valence-corrected chi connectivity index (χ4v) is 3.37. The summed E-state index contributed by atoms with van der Waals surface area (Å²) < 4.78 is 27.2. The van der Waals surface area contributed by atoms with Crippen molar-refractivity contribution in [3.63, 3.8) is 0 Å². The number of carbonyl (C=O) groups is 2. The van der Waals surface area contributed by atoms with Crippen LogP contribution in [-0.4, -0.2) is 31.7 Å². The molecule has 0 spiro atoms. The molecule has 0 atom stereocenters. The average Bonchev–Trinajstić information content (AvgIpc) is 2.67. The summed E-state index contributed by atoms with van der Waals surface area (Å²) >= 11 is 0. The summed E-state index contributed by atoms with van der Waals surface area (Å²) in [7, 11) is -3.81. The number of nitrogens with one attached hydrogen (secondary N) is 1. The molecule has 0 aromatic heterocycles. The average molecular weight is 425 g/mol. The number of fused-ring (bicyclic) bond motifs is 1. The lowest BCUT2D eigenvalue weighted by atomic mass is 10.0. The van der Waals surface area contributed by atoms with Gasteiger partial charge in [0.05, 0.1) is 17.5 Å². The highest BCUT2D eigenvalue weighted by molar-refractivity contribution is 7.86. The third-order valence-electron chi connectivity index (χ3n) is 4.28. The van der Waals surface area contributed by atoms with Gasteiger partial charge in [-0.2, -0.15) is 8.42 Å². The van der Waals surface area contributed by atoms with E-state index >= 15 is 0 Å². The summed E-state index contributed by atoms with van der Waals surface area (Å²) in [4.78, 5) is 24.0. The maximum Gasteiger partial charge on any atom is 0.337 e. The minimum atomic E-state index is -3.81. The number of hydrogen-bond acceptors (Lipinski definition) is 5. The van der Waals surface area contributed by atoms with Crippen LogP contribution in [0.2, 0.25) is 0 Å². The monoisotopic (exact) mass is 425 g/mol. The molecule has 3 aromatic rings. The second-order valence-corrected chi connectivity index (χ2v) is 8.25. The molecule has 2 N–H and O–H groups in total. The van der Waals surface area contributed by atoms with Crippen LogP contribution >= 0.6 is 0 Å². The van der Waals surface area contributed by atoms with E-state index in [-0.39, 0.29) is 17.0 Å². The highest BCUT2D eigenvalue weighted by Crippen LogP contribution is 2.24. The van der Waals surface area contributed by atoms with Gasteiger partial charge in [0.25, 0.3) is 0 Å². The molecule has 0 aliphatic carbocycles. The maximum atomic E-state index is 12.4. The van der Waals surface area contributed by atoms with E-state index in [9.17, 15) is 23.1 Å². The zero-order valence-electron chi connectivity index (χ0n) is 16.2. The lowest BCUT2D eigenvalue weighted by Crippen LogP contribution is -2.13. The van der Waals surface area contributed by atoms with E-state index in [1.807, 2.05) is 42.5 Å². The molecule has 0 unspecified atom stereocenters. The molecule has 8 heteroatoms. The van der Waals surface area contributed by atoms with Gasteiger partial charge in [0, 0.05) is 6.08 Å². The Labute approximate surface area is 173 Å². The smallest absolute Gasteiger partial charge is 0.337 e. The first kappa shape index (κ1) is 21.1. The number of amides is 1. The van der Waals surface area contributed by atoms with Gasteiger partial charge in [0.15, 0.2) is 0 Å². The van der Waals surface area contributed by atoms with Gasteiger partial charge in [0.1, 0.15) is 5.75 Å². The molecule has 154 valence electrons. The summed E-state index contributed by atoms with van der Waals surface area (Å²) in [6.45, 7) is 1.78. The predicted molar refractivity (Wildman–Crippen MR) is 115 cm³/mol. The Hall–Kier alpha value is -3.65. The van der Waals surface area contributed by atoms with Crippen molar-refractivity contribution >= 4 is 44.0 Å². The molecule has 3 aromatic carbocycles. The van der Waals surface area contributed by atoms with Gasteiger partial charge in [-0.05, 0) is 53.1 Å². The van der Waals surface area contributed by atoms with Crippen LogP contribution in [0.4, 0.5) is 5.69 Å². The third kappa shape index (κ3) is 5.24. The fourth-order valence-electron chi connectivity index (χ4n) is 2.92. The molecule has 30 heavy (non-hydrogen) atoms. The van der Waals surface area contributed by atoms with Gasteiger partial charge < -0.3 is 14.6 Å². The summed E-state index contributed by atoms with van der Waals surface area (Å²) in [6, 6.07) is 17.3. The molecule has 3 rings (SSSR count). The number of carboxylic acids is 1. The molecule has 0 radical (unpaired) electrons. The Morgan fingerprint density at radius 1 is 1.00 bits per heavy atom. The predicted octanol–water partition coefficient (Wildman–Crippen LogP) is 3.92. The number of benzene rings is 3. The third-order valence-corrected chi connectivity index (χ3v) is 4.77. The number of carboxylic acid groups (broad SMARTS) is 1. The van der Waals surface area contributed by atoms with Crippen LogP contribution in [0.3, 0.4) is 0 Å². The lowest BCUT2D eigenvalue weighted by molar-refractivity contribution is -0.111. The van der Waals surface area contributed by atoms with Crippen molar-refractivity contribution in [3.8, 4) is 5.75 Å². The van der Waals surface area contributed by atoms with Crippen molar-refractivity contribution in [2.45, 2.75) is 6.92 Å². The molecular formula is C22H19NO6S. The van der Waals surface area contributed by atoms with E-state index < -0.39 is 22.0 Å². The zero-order chi connectivity index (χ0) is 21.9. The number of carbonyl (C=O) groups excluding carboxylic acids is 1. The summed E-state index contributed by atoms with van der Waals surface area (Å²) in [5.41, 5.74) is 1.29. The van der Waals surface area contributed by atoms with E-state index in [1.165, 1.54) is 18.2 Å². The molecular weight excluding hydrogens is 406 g/mol. The molecule has 7 nitrogen and oxygen atoms in total. The van der Waals surface area contributed by atoms with Crippen molar-refractivity contribution in [3.05, 3.63) is 77.9 Å². The van der Waals surface area contributed by atoms with Crippen molar-refractivity contribution < 1.29 is 27.3 Å². The summed E-state index contributed by atoms with van der Waals surface area (Å²) in [5, 5.41) is 14.0. The van der Waals surface area contributed by atoms with Crippen LogP contribution in [0.5, 0.6) is 5.75 Å². The van der Waals surface area contributed by atoms with Crippen molar-refractivity contribution in [1.29, 1.82) is 0 Å². The number of anilines is 1. The molecule has 0 saturated heterocycles. The lowest BCUT2D eigenvalue weighted by Gasteiger charge is -2.10.